The molecule has 0 amide bonds. The molecule has 0 aliphatic carbocycles. The minimum Gasteiger partial charge on any atom is -0.337 e. The highest BCUT2D eigenvalue weighted by Gasteiger charge is 2.40. The fourth-order valence-electron chi connectivity index (χ4n) is 6.07. The third kappa shape index (κ3) is 2.74. The smallest absolute Gasteiger partial charge is 0.0991 e. The maximum absolute atomic E-state index is 9.24. The molecule has 0 bridgehead atoms. The summed E-state index contributed by atoms with van der Waals surface area (Å²) in [5, 5.41) is 15.4. The van der Waals surface area contributed by atoms with Gasteiger partial charge in [0.05, 0.1) is 22.7 Å². The minimum atomic E-state index is 0.428. The maximum atomic E-state index is 9.24. The van der Waals surface area contributed by atoms with Gasteiger partial charge in [0.25, 0.3) is 0 Å². The Morgan fingerprint density at radius 2 is 1.47 bits per heavy atom. The number of anilines is 2. The number of benzene rings is 4. The van der Waals surface area contributed by atoms with Crippen molar-refractivity contribution < 1.29 is 0 Å². The van der Waals surface area contributed by atoms with E-state index in [-0.39, 0.29) is 0 Å². The first-order valence-electron chi connectivity index (χ1n) is 12.0. The van der Waals surface area contributed by atoms with E-state index in [1.807, 2.05) is 12.1 Å². The lowest BCUT2D eigenvalue weighted by Crippen LogP contribution is -2.42. The van der Waals surface area contributed by atoms with E-state index >= 15 is 0 Å². The number of nitriles is 1. The van der Waals surface area contributed by atoms with Crippen molar-refractivity contribution in [3.63, 3.8) is 0 Å². The largest absolute Gasteiger partial charge is 0.337 e. The number of nitrogens with zero attached hydrogens (tertiary/aromatic N) is 3. The molecular formula is C30H24N4. The summed E-state index contributed by atoms with van der Waals surface area (Å²) in [5.41, 5.74) is 8.25. The number of fused-ring (bicyclic) bond motifs is 6. The van der Waals surface area contributed by atoms with Gasteiger partial charge in [-0.25, -0.2) is 0 Å². The van der Waals surface area contributed by atoms with E-state index in [1.54, 1.807) is 0 Å². The summed E-state index contributed by atoms with van der Waals surface area (Å²) in [6.07, 6.45) is 1.10. The number of nitrogens with one attached hydrogen (secondary N) is 1. The number of hydrogen-bond acceptors (Lipinski definition) is 3. The molecule has 1 fully saturated rings. The molecule has 2 aliphatic rings. The van der Waals surface area contributed by atoms with Crippen LogP contribution >= 0.6 is 0 Å². The number of piperidine rings is 1. The number of rotatable bonds is 2. The van der Waals surface area contributed by atoms with E-state index in [2.05, 4.69) is 99.7 Å². The zero-order valence-corrected chi connectivity index (χ0v) is 18.8. The third-order valence-corrected chi connectivity index (χ3v) is 7.56. The van der Waals surface area contributed by atoms with Crippen LogP contribution in [0.4, 0.5) is 11.4 Å². The van der Waals surface area contributed by atoms with E-state index in [1.165, 1.54) is 44.4 Å². The quantitative estimate of drug-likeness (QED) is 0.353. The molecule has 1 aromatic heterocycles. The van der Waals surface area contributed by atoms with E-state index in [0.29, 0.717) is 17.5 Å². The van der Waals surface area contributed by atoms with Gasteiger partial charge in [0.15, 0.2) is 0 Å². The summed E-state index contributed by atoms with van der Waals surface area (Å²) in [6.45, 7) is 2.02. The van der Waals surface area contributed by atoms with Crippen molar-refractivity contribution in [2.45, 2.75) is 18.4 Å². The van der Waals surface area contributed by atoms with E-state index < -0.39 is 0 Å². The summed E-state index contributed by atoms with van der Waals surface area (Å²) < 4.78 is 2.40. The zero-order valence-electron chi connectivity index (χ0n) is 18.8. The molecule has 5 aromatic rings. The summed E-state index contributed by atoms with van der Waals surface area (Å²) in [4.78, 5) is 2.50. The van der Waals surface area contributed by atoms with Crippen LogP contribution in [0.3, 0.4) is 0 Å². The Balaban J connectivity index is 1.42. The van der Waals surface area contributed by atoms with Crippen molar-refractivity contribution in [3.8, 4) is 11.8 Å². The minimum absolute atomic E-state index is 0.428. The molecule has 1 N–H and O–H groups in total. The van der Waals surface area contributed by atoms with Crippen LogP contribution < -0.4 is 10.2 Å². The van der Waals surface area contributed by atoms with Crippen LogP contribution in [0.15, 0.2) is 91.0 Å². The van der Waals surface area contributed by atoms with Gasteiger partial charge in [-0.1, -0.05) is 36.4 Å². The van der Waals surface area contributed by atoms with Crippen molar-refractivity contribution in [3.05, 3.63) is 102 Å². The van der Waals surface area contributed by atoms with Crippen LogP contribution in [-0.4, -0.2) is 23.7 Å². The van der Waals surface area contributed by atoms with Crippen molar-refractivity contribution in [2.24, 2.45) is 0 Å². The predicted octanol–water partition coefficient (Wildman–Crippen LogP) is 6.25. The first-order chi connectivity index (χ1) is 16.8. The van der Waals surface area contributed by atoms with E-state index in [9.17, 15) is 5.26 Å². The van der Waals surface area contributed by atoms with Crippen LogP contribution in [0.5, 0.6) is 0 Å². The summed E-state index contributed by atoms with van der Waals surface area (Å²) >= 11 is 0. The average Bonchev–Trinajstić information content (AvgIpc) is 3.41. The Morgan fingerprint density at radius 1 is 0.794 bits per heavy atom. The fraction of sp³-hybridized carbons (Fsp3) is 0.167. The molecule has 3 heterocycles. The molecule has 4 aromatic carbocycles. The topological polar surface area (TPSA) is 44.0 Å². The molecular weight excluding hydrogens is 416 g/mol. The lowest BCUT2D eigenvalue weighted by Gasteiger charge is -2.34. The van der Waals surface area contributed by atoms with Gasteiger partial charge >= 0.3 is 0 Å². The van der Waals surface area contributed by atoms with Gasteiger partial charge in [-0.05, 0) is 73.1 Å². The van der Waals surface area contributed by atoms with Gasteiger partial charge in [0.1, 0.15) is 0 Å². The Kier molecular flexibility index (Phi) is 4.27. The second kappa shape index (κ2) is 7.48. The highest BCUT2D eigenvalue weighted by molar-refractivity contribution is 6.09. The monoisotopic (exact) mass is 440 g/mol. The van der Waals surface area contributed by atoms with Gasteiger partial charge in [-0.3, -0.25) is 0 Å². The van der Waals surface area contributed by atoms with Crippen molar-refractivity contribution in [1.82, 2.24) is 9.88 Å². The lowest BCUT2D eigenvalue weighted by atomic mass is 9.90. The molecule has 4 heteroatoms. The second-order valence-electron chi connectivity index (χ2n) is 9.31. The van der Waals surface area contributed by atoms with Crippen LogP contribution in [0.25, 0.3) is 27.5 Å². The molecule has 164 valence electrons. The van der Waals surface area contributed by atoms with Gasteiger partial charge in [-0.2, -0.15) is 5.26 Å². The first-order valence-corrected chi connectivity index (χ1v) is 12.0. The molecule has 1 saturated heterocycles. The Morgan fingerprint density at radius 3 is 2.18 bits per heavy atom. The number of para-hydroxylation sites is 2. The Bertz CT molecular complexity index is 1540. The van der Waals surface area contributed by atoms with E-state index in [4.69, 9.17) is 0 Å². The molecule has 0 spiro atoms. The third-order valence-electron chi connectivity index (χ3n) is 7.56. The molecule has 2 atom stereocenters. The number of hydrogen-bond donors (Lipinski definition) is 1. The zero-order chi connectivity index (χ0) is 22.6. The van der Waals surface area contributed by atoms with Gasteiger partial charge in [0, 0.05) is 46.3 Å². The van der Waals surface area contributed by atoms with Gasteiger partial charge in [-0.15, -0.1) is 0 Å². The number of aromatic nitrogens is 1. The maximum Gasteiger partial charge on any atom is 0.0991 e. The van der Waals surface area contributed by atoms with Gasteiger partial charge in [0.2, 0.25) is 0 Å². The lowest BCUT2D eigenvalue weighted by molar-refractivity contribution is 0.419. The molecule has 2 unspecified atom stereocenters. The standard InChI is InChI=1S/C30H24N4/c31-18-20-9-11-21(12-10-20)33-29-14-13-22(17-25(29)26-19-32-16-15-30(26)33)34-27-7-3-1-5-23(27)24-6-2-4-8-28(24)34/h1-14,17,26,30,32H,15-16,19H2. The van der Waals surface area contributed by atoms with Gasteiger partial charge < -0.3 is 14.8 Å². The fourth-order valence-corrected chi connectivity index (χ4v) is 6.07. The molecule has 34 heavy (non-hydrogen) atoms. The second-order valence-corrected chi connectivity index (χ2v) is 9.31. The Labute approximate surface area is 198 Å². The highest BCUT2D eigenvalue weighted by atomic mass is 15.2. The molecule has 7 rings (SSSR count). The van der Waals surface area contributed by atoms with Crippen LogP contribution in [-0.2, 0) is 0 Å². The Hall–Kier alpha value is -4.07. The molecule has 0 radical (unpaired) electrons. The van der Waals surface area contributed by atoms with Crippen LogP contribution in [0.2, 0.25) is 0 Å². The van der Waals surface area contributed by atoms with Crippen molar-refractivity contribution >= 4 is 33.2 Å². The SMILES string of the molecule is N#Cc1ccc(N2c3ccc(-n4c5ccccc5c5ccccc54)cc3C3CNCCC32)cc1. The molecule has 2 aliphatic heterocycles. The normalized spacial score (nSPS) is 19.2. The molecule has 4 nitrogen and oxygen atoms in total. The summed E-state index contributed by atoms with van der Waals surface area (Å²) in [7, 11) is 0. The van der Waals surface area contributed by atoms with Crippen LogP contribution in [0.1, 0.15) is 23.5 Å². The average molecular weight is 441 g/mol. The first kappa shape index (κ1) is 19.4. The molecule has 0 saturated carbocycles. The predicted molar refractivity (Wildman–Crippen MR) is 138 cm³/mol. The van der Waals surface area contributed by atoms with E-state index in [0.717, 1.165) is 19.5 Å². The van der Waals surface area contributed by atoms with Crippen molar-refractivity contribution in [1.29, 1.82) is 5.26 Å². The van der Waals surface area contributed by atoms with Crippen LogP contribution in [0, 0.1) is 11.3 Å². The summed E-state index contributed by atoms with van der Waals surface area (Å²) in [5.74, 6) is 0.437. The summed E-state index contributed by atoms with van der Waals surface area (Å²) in [6, 6.07) is 35.0. The highest BCUT2D eigenvalue weighted by Crippen LogP contribution is 2.48. The van der Waals surface area contributed by atoms with Crippen molar-refractivity contribution in [2.75, 3.05) is 18.0 Å².